The number of rotatable bonds is 5. The highest BCUT2D eigenvalue weighted by Crippen LogP contribution is 2.20. The lowest BCUT2D eigenvalue weighted by molar-refractivity contribution is 0.102. The van der Waals surface area contributed by atoms with E-state index in [1.54, 1.807) is 25.5 Å². The van der Waals surface area contributed by atoms with Crippen LogP contribution in [0.3, 0.4) is 0 Å². The predicted octanol–water partition coefficient (Wildman–Crippen LogP) is 2.43. The summed E-state index contributed by atoms with van der Waals surface area (Å²) in [6.07, 6.45) is 4.06. The number of carbonyl (C=O) groups excluding carboxylic acids is 1. The molecule has 6 nitrogen and oxygen atoms in total. The summed E-state index contributed by atoms with van der Waals surface area (Å²) >= 11 is 1.41. The fourth-order valence-corrected chi connectivity index (χ4v) is 2.64. The van der Waals surface area contributed by atoms with E-state index in [4.69, 9.17) is 0 Å². The molecule has 0 unspecified atom stereocenters. The first-order chi connectivity index (χ1) is 9.60. The molecule has 2 aromatic heterocycles. The van der Waals surface area contributed by atoms with E-state index in [1.807, 2.05) is 0 Å². The van der Waals surface area contributed by atoms with Gasteiger partial charge in [0.1, 0.15) is 5.01 Å². The van der Waals surface area contributed by atoms with Crippen molar-refractivity contribution in [2.24, 2.45) is 5.92 Å². The molecule has 106 valence electrons. The Balaban J connectivity index is 2.09. The summed E-state index contributed by atoms with van der Waals surface area (Å²) in [5.74, 6) is 0.298. The predicted molar refractivity (Wildman–Crippen MR) is 80.2 cm³/mol. The zero-order valence-electron chi connectivity index (χ0n) is 11.7. The average molecular weight is 291 g/mol. The van der Waals surface area contributed by atoms with Gasteiger partial charge in [-0.1, -0.05) is 25.2 Å². The summed E-state index contributed by atoms with van der Waals surface area (Å²) in [7, 11) is 1.75. The molecule has 0 bridgehead atoms. The van der Waals surface area contributed by atoms with Crippen LogP contribution in [0.2, 0.25) is 0 Å². The summed E-state index contributed by atoms with van der Waals surface area (Å²) in [4.78, 5) is 16.2. The van der Waals surface area contributed by atoms with E-state index in [2.05, 4.69) is 39.7 Å². The van der Waals surface area contributed by atoms with Gasteiger partial charge in [0, 0.05) is 19.7 Å². The lowest BCUT2D eigenvalue weighted by Gasteiger charge is -2.06. The minimum atomic E-state index is -0.219. The Morgan fingerprint density at radius 2 is 2.20 bits per heavy atom. The van der Waals surface area contributed by atoms with Crippen molar-refractivity contribution in [1.29, 1.82) is 0 Å². The number of amides is 1. The van der Waals surface area contributed by atoms with E-state index in [0.717, 1.165) is 11.4 Å². The molecule has 1 amide bonds. The van der Waals surface area contributed by atoms with E-state index in [1.165, 1.54) is 11.3 Å². The smallest absolute Gasteiger partial charge is 0.259 e. The lowest BCUT2D eigenvalue weighted by Crippen LogP contribution is -2.14. The standard InChI is InChI=1S/C13H17N5OS/c1-8(2)6-11-17-18-13(20-11)16-12(19)9-4-5-15-7-10(9)14-3/h4-5,7-8,14H,6H2,1-3H3,(H,16,18,19). The summed E-state index contributed by atoms with van der Waals surface area (Å²) < 4.78 is 0. The fourth-order valence-electron chi connectivity index (χ4n) is 1.69. The van der Waals surface area contributed by atoms with Crippen LogP contribution in [-0.2, 0) is 6.42 Å². The molecule has 0 aromatic carbocycles. The van der Waals surface area contributed by atoms with Crippen molar-refractivity contribution in [2.45, 2.75) is 20.3 Å². The van der Waals surface area contributed by atoms with Gasteiger partial charge in [0.2, 0.25) is 5.13 Å². The number of anilines is 2. The molecule has 2 heterocycles. The van der Waals surface area contributed by atoms with Gasteiger partial charge in [0.05, 0.1) is 17.4 Å². The Morgan fingerprint density at radius 1 is 1.40 bits per heavy atom. The number of hydrogen-bond acceptors (Lipinski definition) is 6. The Bertz CT molecular complexity index is 596. The molecule has 2 N–H and O–H groups in total. The molecule has 2 aromatic rings. The van der Waals surface area contributed by atoms with Crippen molar-refractivity contribution in [3.05, 3.63) is 29.0 Å². The molecule has 0 aliphatic heterocycles. The van der Waals surface area contributed by atoms with Crippen LogP contribution < -0.4 is 10.6 Å². The first-order valence-electron chi connectivity index (χ1n) is 6.35. The third-order valence-electron chi connectivity index (χ3n) is 2.61. The average Bonchev–Trinajstić information content (AvgIpc) is 2.85. The molecule has 0 atom stereocenters. The molecule has 2 rings (SSSR count). The summed E-state index contributed by atoms with van der Waals surface area (Å²) in [5.41, 5.74) is 1.21. The maximum Gasteiger partial charge on any atom is 0.259 e. The number of nitrogens with one attached hydrogen (secondary N) is 2. The van der Waals surface area contributed by atoms with E-state index < -0.39 is 0 Å². The summed E-state index contributed by atoms with van der Waals surface area (Å²) in [5, 5.41) is 15.2. The Hall–Kier alpha value is -2.02. The molecule has 7 heteroatoms. The molecule has 0 aliphatic rings. The van der Waals surface area contributed by atoms with Crippen LogP contribution in [0.15, 0.2) is 18.5 Å². The van der Waals surface area contributed by atoms with Gasteiger partial charge < -0.3 is 5.32 Å². The van der Waals surface area contributed by atoms with E-state index in [0.29, 0.717) is 22.3 Å². The molecule has 20 heavy (non-hydrogen) atoms. The minimum Gasteiger partial charge on any atom is -0.386 e. The molecular formula is C13H17N5OS. The van der Waals surface area contributed by atoms with Gasteiger partial charge in [-0.25, -0.2) is 0 Å². The van der Waals surface area contributed by atoms with E-state index in [9.17, 15) is 4.79 Å². The second-order valence-corrected chi connectivity index (χ2v) is 5.79. The number of carbonyl (C=O) groups is 1. The molecule has 0 aliphatic carbocycles. The first-order valence-corrected chi connectivity index (χ1v) is 7.17. The van der Waals surface area contributed by atoms with Crippen molar-refractivity contribution in [3.8, 4) is 0 Å². The summed E-state index contributed by atoms with van der Waals surface area (Å²) in [6, 6.07) is 1.66. The van der Waals surface area contributed by atoms with Crippen LogP contribution in [0.5, 0.6) is 0 Å². The molecule has 0 spiro atoms. The Kier molecular flexibility index (Phi) is 4.62. The molecular weight excluding hydrogens is 274 g/mol. The topological polar surface area (TPSA) is 79.8 Å². The maximum atomic E-state index is 12.2. The van der Waals surface area contributed by atoms with Crippen LogP contribution in [0.25, 0.3) is 0 Å². The van der Waals surface area contributed by atoms with Crippen molar-refractivity contribution in [1.82, 2.24) is 15.2 Å². The normalized spacial score (nSPS) is 10.6. The van der Waals surface area contributed by atoms with Gasteiger partial charge in [-0.05, 0) is 12.0 Å². The van der Waals surface area contributed by atoms with Gasteiger partial charge in [-0.2, -0.15) is 0 Å². The third kappa shape index (κ3) is 3.51. The highest BCUT2D eigenvalue weighted by molar-refractivity contribution is 7.15. The summed E-state index contributed by atoms with van der Waals surface area (Å²) in [6.45, 7) is 4.24. The second kappa shape index (κ2) is 6.42. The highest BCUT2D eigenvalue weighted by atomic mass is 32.1. The molecule has 0 radical (unpaired) electrons. The molecule has 0 saturated heterocycles. The van der Waals surface area contributed by atoms with Gasteiger partial charge in [0.25, 0.3) is 5.91 Å². The van der Waals surface area contributed by atoms with Crippen LogP contribution in [-0.4, -0.2) is 28.1 Å². The Labute approximate surface area is 121 Å². The zero-order valence-corrected chi connectivity index (χ0v) is 12.5. The van der Waals surface area contributed by atoms with Crippen molar-refractivity contribution in [3.63, 3.8) is 0 Å². The van der Waals surface area contributed by atoms with Crippen molar-refractivity contribution in [2.75, 3.05) is 17.7 Å². The lowest BCUT2D eigenvalue weighted by atomic mass is 10.1. The van der Waals surface area contributed by atoms with Gasteiger partial charge in [0.15, 0.2) is 0 Å². The van der Waals surface area contributed by atoms with Crippen molar-refractivity contribution < 1.29 is 4.79 Å². The van der Waals surface area contributed by atoms with Gasteiger partial charge >= 0.3 is 0 Å². The largest absolute Gasteiger partial charge is 0.386 e. The quantitative estimate of drug-likeness (QED) is 0.884. The van der Waals surface area contributed by atoms with Gasteiger partial charge in [-0.15, -0.1) is 10.2 Å². The maximum absolute atomic E-state index is 12.2. The first kappa shape index (κ1) is 14.4. The fraction of sp³-hybridized carbons (Fsp3) is 0.385. The Morgan fingerprint density at radius 3 is 2.90 bits per heavy atom. The van der Waals surface area contributed by atoms with E-state index in [-0.39, 0.29) is 5.91 Å². The monoisotopic (exact) mass is 291 g/mol. The third-order valence-corrected chi connectivity index (χ3v) is 3.47. The highest BCUT2D eigenvalue weighted by Gasteiger charge is 2.13. The number of aromatic nitrogens is 3. The van der Waals surface area contributed by atoms with Crippen molar-refractivity contribution >= 4 is 28.1 Å². The van der Waals surface area contributed by atoms with Crippen LogP contribution in [0, 0.1) is 5.92 Å². The minimum absolute atomic E-state index is 0.219. The van der Waals surface area contributed by atoms with Crippen LogP contribution in [0.4, 0.5) is 10.8 Å². The SMILES string of the molecule is CNc1cnccc1C(=O)Nc1nnc(CC(C)C)s1. The second-order valence-electron chi connectivity index (χ2n) is 4.72. The van der Waals surface area contributed by atoms with Crippen LogP contribution in [0.1, 0.15) is 29.2 Å². The molecule has 0 fully saturated rings. The number of hydrogen-bond donors (Lipinski definition) is 2. The number of pyridine rings is 1. The number of nitrogens with zero attached hydrogens (tertiary/aromatic N) is 3. The molecule has 0 saturated carbocycles. The zero-order chi connectivity index (χ0) is 14.5. The van der Waals surface area contributed by atoms with E-state index >= 15 is 0 Å². The van der Waals surface area contributed by atoms with Gasteiger partial charge in [-0.3, -0.25) is 15.1 Å². The van der Waals surface area contributed by atoms with Crippen LogP contribution >= 0.6 is 11.3 Å².